The molecule has 3 aromatic rings. The number of nitrogens with one attached hydrogen (secondary N) is 2. The molecule has 3 rings (SSSR count). The Morgan fingerprint density at radius 3 is 2.09 bits per heavy atom. The van der Waals surface area contributed by atoms with Crippen molar-refractivity contribution < 1.29 is 27.4 Å². The van der Waals surface area contributed by atoms with E-state index in [0.717, 1.165) is 11.1 Å². The fraction of sp³-hybridized carbons (Fsp3) is 0.208. The number of aryl methyl sites for hydroxylation is 2. The van der Waals surface area contributed by atoms with Crippen LogP contribution in [0, 0.1) is 13.8 Å². The van der Waals surface area contributed by atoms with Crippen molar-refractivity contribution >= 4 is 27.3 Å². The molecule has 174 valence electrons. The molecule has 0 unspecified atom stereocenters. The summed E-state index contributed by atoms with van der Waals surface area (Å²) in [5.74, 6) is 1.01. The molecule has 9 heteroatoms. The van der Waals surface area contributed by atoms with Crippen molar-refractivity contribution in [1.82, 2.24) is 0 Å². The van der Waals surface area contributed by atoms with Crippen LogP contribution in [0.1, 0.15) is 11.1 Å². The van der Waals surface area contributed by atoms with Crippen LogP contribution in [-0.4, -0.2) is 35.2 Å². The number of ether oxygens (including phenoxy) is 3. The minimum atomic E-state index is -3.76. The van der Waals surface area contributed by atoms with E-state index in [1.54, 1.807) is 30.3 Å². The largest absolute Gasteiger partial charge is 0.497 e. The average Bonchev–Trinajstić information content (AvgIpc) is 2.77. The lowest BCUT2D eigenvalue weighted by Crippen LogP contribution is -2.20. The number of rotatable bonds is 9. The molecule has 0 aromatic heterocycles. The fourth-order valence-electron chi connectivity index (χ4n) is 3.20. The van der Waals surface area contributed by atoms with Gasteiger partial charge in [0.05, 0.1) is 24.8 Å². The van der Waals surface area contributed by atoms with Crippen LogP contribution in [0.4, 0.5) is 11.4 Å². The quantitative estimate of drug-likeness (QED) is 0.487. The van der Waals surface area contributed by atoms with Crippen LogP contribution in [0.3, 0.4) is 0 Å². The molecule has 0 bridgehead atoms. The third-order valence-corrected chi connectivity index (χ3v) is 6.06. The molecule has 3 aromatic carbocycles. The zero-order valence-corrected chi connectivity index (χ0v) is 19.7. The highest BCUT2D eigenvalue weighted by Gasteiger charge is 2.15. The monoisotopic (exact) mass is 470 g/mol. The van der Waals surface area contributed by atoms with Crippen molar-refractivity contribution in [3.05, 3.63) is 71.8 Å². The maximum atomic E-state index is 12.7. The molecule has 0 aliphatic heterocycles. The number of hydrogen-bond donors (Lipinski definition) is 2. The number of anilines is 2. The zero-order chi connectivity index (χ0) is 24.0. The number of sulfonamides is 1. The maximum absolute atomic E-state index is 12.7. The first kappa shape index (κ1) is 23.9. The minimum Gasteiger partial charge on any atom is -0.497 e. The van der Waals surface area contributed by atoms with E-state index >= 15 is 0 Å². The van der Waals surface area contributed by atoms with Crippen molar-refractivity contribution in [3.63, 3.8) is 0 Å². The lowest BCUT2D eigenvalue weighted by molar-refractivity contribution is -0.118. The van der Waals surface area contributed by atoms with Gasteiger partial charge in [0, 0.05) is 11.8 Å². The number of hydrogen-bond acceptors (Lipinski definition) is 6. The van der Waals surface area contributed by atoms with Crippen LogP contribution in [0.25, 0.3) is 0 Å². The summed E-state index contributed by atoms with van der Waals surface area (Å²) in [5, 5.41) is 2.70. The number of amides is 1. The number of carbonyl (C=O) groups excluding carboxylic acids is 1. The summed E-state index contributed by atoms with van der Waals surface area (Å²) in [6.07, 6.45) is 0. The molecule has 0 radical (unpaired) electrons. The summed E-state index contributed by atoms with van der Waals surface area (Å²) in [4.78, 5) is 12.3. The van der Waals surface area contributed by atoms with Gasteiger partial charge in [-0.2, -0.15) is 0 Å². The average molecular weight is 471 g/mol. The van der Waals surface area contributed by atoms with Gasteiger partial charge >= 0.3 is 0 Å². The first-order valence-electron chi connectivity index (χ1n) is 10.1. The Morgan fingerprint density at radius 2 is 1.48 bits per heavy atom. The van der Waals surface area contributed by atoms with Crippen LogP contribution in [-0.2, 0) is 14.8 Å². The normalized spacial score (nSPS) is 10.9. The summed E-state index contributed by atoms with van der Waals surface area (Å²) in [6, 6.07) is 16.3. The number of carbonyl (C=O) groups is 1. The molecule has 8 nitrogen and oxygen atoms in total. The predicted octanol–water partition coefficient (Wildman–Crippen LogP) is 4.14. The van der Waals surface area contributed by atoms with Gasteiger partial charge in [0.1, 0.15) is 17.2 Å². The highest BCUT2D eigenvalue weighted by atomic mass is 32.2. The Bertz CT molecular complexity index is 1220. The summed E-state index contributed by atoms with van der Waals surface area (Å²) in [5.41, 5.74) is 2.90. The van der Waals surface area contributed by atoms with E-state index in [1.807, 2.05) is 19.9 Å². The van der Waals surface area contributed by atoms with E-state index in [4.69, 9.17) is 14.2 Å². The van der Waals surface area contributed by atoms with Crippen LogP contribution in [0.2, 0.25) is 0 Å². The molecule has 1 amide bonds. The summed E-state index contributed by atoms with van der Waals surface area (Å²) in [7, 11) is -0.728. The highest BCUT2D eigenvalue weighted by molar-refractivity contribution is 7.92. The topological polar surface area (TPSA) is 103 Å². The van der Waals surface area contributed by atoms with Crippen molar-refractivity contribution in [2.45, 2.75) is 18.7 Å². The van der Waals surface area contributed by atoms with Crippen molar-refractivity contribution in [2.75, 3.05) is 30.9 Å². The Morgan fingerprint density at radius 1 is 0.848 bits per heavy atom. The lowest BCUT2D eigenvalue weighted by Gasteiger charge is -2.12. The second-order valence-electron chi connectivity index (χ2n) is 7.36. The molecule has 0 spiro atoms. The molecular weight excluding hydrogens is 444 g/mol. The SMILES string of the molecule is COc1ccc(NC(=O)COc2ccc(S(=O)(=O)Nc3cc(C)cc(C)c3)cc2)c(OC)c1. The maximum Gasteiger partial charge on any atom is 0.262 e. The molecular formula is C24H26N2O6S. The van der Waals surface area contributed by atoms with E-state index in [-0.39, 0.29) is 11.5 Å². The van der Waals surface area contributed by atoms with Gasteiger partial charge in [-0.1, -0.05) is 6.07 Å². The van der Waals surface area contributed by atoms with Crippen molar-refractivity contribution in [2.24, 2.45) is 0 Å². The molecule has 0 aliphatic rings. The van der Waals surface area contributed by atoms with E-state index in [1.165, 1.54) is 38.5 Å². The molecule has 0 saturated carbocycles. The molecule has 0 heterocycles. The van der Waals surface area contributed by atoms with Crippen molar-refractivity contribution in [3.8, 4) is 17.2 Å². The summed E-state index contributed by atoms with van der Waals surface area (Å²) >= 11 is 0. The molecule has 0 aliphatic carbocycles. The van der Waals surface area contributed by atoms with Gasteiger partial charge in [0.15, 0.2) is 6.61 Å². The standard InChI is InChI=1S/C24H26N2O6S/c1-16-11-17(2)13-18(12-16)26-33(28,29)21-8-5-19(6-9-21)32-15-24(27)25-22-10-7-20(30-3)14-23(22)31-4/h5-14,26H,15H2,1-4H3,(H,25,27). The number of benzene rings is 3. The molecule has 0 saturated heterocycles. The third-order valence-electron chi connectivity index (χ3n) is 4.66. The Balaban J connectivity index is 1.60. The second-order valence-corrected chi connectivity index (χ2v) is 9.04. The Kier molecular flexibility index (Phi) is 7.44. The van der Waals surface area contributed by atoms with E-state index in [2.05, 4.69) is 10.0 Å². The Hall–Kier alpha value is -3.72. The van der Waals surface area contributed by atoms with Gasteiger partial charge in [-0.3, -0.25) is 9.52 Å². The molecule has 33 heavy (non-hydrogen) atoms. The van der Waals surface area contributed by atoms with Gasteiger partial charge < -0.3 is 19.5 Å². The van der Waals surface area contributed by atoms with E-state index in [9.17, 15) is 13.2 Å². The van der Waals surface area contributed by atoms with E-state index in [0.29, 0.717) is 28.6 Å². The van der Waals surface area contributed by atoms with Crippen LogP contribution >= 0.6 is 0 Å². The summed E-state index contributed by atoms with van der Waals surface area (Å²) in [6.45, 7) is 3.54. The molecule has 0 fully saturated rings. The predicted molar refractivity (Wildman–Crippen MR) is 127 cm³/mol. The fourth-order valence-corrected chi connectivity index (χ4v) is 4.24. The first-order chi connectivity index (χ1) is 15.7. The van der Waals surface area contributed by atoms with E-state index < -0.39 is 15.9 Å². The summed E-state index contributed by atoms with van der Waals surface area (Å²) < 4.78 is 43.8. The number of methoxy groups -OCH3 is 2. The third kappa shape index (κ3) is 6.39. The lowest BCUT2D eigenvalue weighted by atomic mass is 10.1. The van der Waals surface area contributed by atoms with Gasteiger partial charge in [0.2, 0.25) is 0 Å². The van der Waals surface area contributed by atoms with Crippen LogP contribution < -0.4 is 24.2 Å². The molecule has 0 atom stereocenters. The van der Waals surface area contributed by atoms with Crippen LogP contribution in [0.15, 0.2) is 65.6 Å². The van der Waals surface area contributed by atoms with Gasteiger partial charge in [-0.05, 0) is 73.5 Å². The van der Waals surface area contributed by atoms with Crippen LogP contribution in [0.5, 0.6) is 17.2 Å². The van der Waals surface area contributed by atoms with Crippen molar-refractivity contribution in [1.29, 1.82) is 0 Å². The first-order valence-corrected chi connectivity index (χ1v) is 11.5. The minimum absolute atomic E-state index is 0.0847. The highest BCUT2D eigenvalue weighted by Crippen LogP contribution is 2.29. The van der Waals surface area contributed by atoms with Gasteiger partial charge in [0.25, 0.3) is 15.9 Å². The smallest absolute Gasteiger partial charge is 0.262 e. The van der Waals surface area contributed by atoms with Gasteiger partial charge in [-0.25, -0.2) is 8.42 Å². The second kappa shape index (κ2) is 10.3. The molecule has 2 N–H and O–H groups in total. The zero-order valence-electron chi connectivity index (χ0n) is 18.8. The van der Waals surface area contributed by atoms with Gasteiger partial charge in [-0.15, -0.1) is 0 Å². The Labute approximate surface area is 193 Å².